The lowest BCUT2D eigenvalue weighted by Gasteiger charge is -2.26. The number of ether oxygens (including phenoxy) is 1. The number of nitrogens with zero attached hydrogens (tertiary/aromatic N) is 2. The molecule has 1 fully saturated rings. The topological polar surface area (TPSA) is 79.7 Å². The lowest BCUT2D eigenvalue weighted by Crippen LogP contribution is -2.29. The van der Waals surface area contributed by atoms with E-state index in [0.29, 0.717) is 11.3 Å². The number of carbonyl (C=O) groups excluding carboxylic acids is 2. The molecule has 1 aliphatic heterocycles. The Balaban J connectivity index is 1.96. The zero-order valence-corrected chi connectivity index (χ0v) is 19.6. The van der Waals surface area contributed by atoms with E-state index in [0.717, 1.165) is 11.1 Å². The van der Waals surface area contributed by atoms with Gasteiger partial charge in [-0.1, -0.05) is 29.3 Å². The standard InChI is InChI=1S/C25H20Cl2N2O4/c1-13-4-5-17(10-14(13)2)29-21(15-6-8-28-9-7-15)20(23(31)25(29)32)22(30)16-11-18(26)24(33-3)19(27)12-16/h4-12,21,30H,1-3H3/b22-20+. The number of Topliss-reactive ketones (excluding diaryl/α,β-unsaturated/α-hetero) is 1. The van der Waals surface area contributed by atoms with Gasteiger partial charge >= 0.3 is 0 Å². The van der Waals surface area contributed by atoms with Gasteiger partial charge in [0.2, 0.25) is 0 Å². The Hall–Kier alpha value is -3.35. The van der Waals surface area contributed by atoms with Gasteiger partial charge in [-0.05, 0) is 66.9 Å². The van der Waals surface area contributed by atoms with Crippen molar-refractivity contribution in [2.24, 2.45) is 0 Å². The molecule has 0 bridgehead atoms. The van der Waals surface area contributed by atoms with Crippen LogP contribution >= 0.6 is 23.2 Å². The molecule has 0 radical (unpaired) electrons. The van der Waals surface area contributed by atoms with E-state index < -0.39 is 17.7 Å². The molecule has 2 aromatic carbocycles. The van der Waals surface area contributed by atoms with E-state index in [1.165, 1.54) is 24.1 Å². The van der Waals surface area contributed by atoms with Gasteiger partial charge in [0.25, 0.3) is 11.7 Å². The molecule has 1 amide bonds. The van der Waals surface area contributed by atoms with Crippen LogP contribution in [0.5, 0.6) is 5.75 Å². The van der Waals surface area contributed by atoms with Crippen molar-refractivity contribution in [2.75, 3.05) is 12.0 Å². The number of halogens is 2. The molecule has 4 rings (SSSR count). The summed E-state index contributed by atoms with van der Waals surface area (Å²) in [5, 5.41) is 11.5. The van der Waals surface area contributed by atoms with Crippen molar-refractivity contribution < 1.29 is 19.4 Å². The third-order valence-electron chi connectivity index (χ3n) is 5.71. The molecule has 1 N–H and O–H groups in total. The number of hydrogen-bond acceptors (Lipinski definition) is 5. The molecule has 6 nitrogen and oxygen atoms in total. The van der Waals surface area contributed by atoms with Crippen LogP contribution in [0.25, 0.3) is 5.76 Å². The Bertz CT molecular complexity index is 1280. The second kappa shape index (κ2) is 8.89. The summed E-state index contributed by atoms with van der Waals surface area (Å²) in [6.45, 7) is 3.89. The van der Waals surface area contributed by atoms with Crippen LogP contribution in [0.4, 0.5) is 5.69 Å². The molecule has 33 heavy (non-hydrogen) atoms. The van der Waals surface area contributed by atoms with Crippen molar-refractivity contribution in [1.29, 1.82) is 0 Å². The smallest absolute Gasteiger partial charge is 0.300 e. The van der Waals surface area contributed by atoms with E-state index in [9.17, 15) is 14.7 Å². The number of methoxy groups -OCH3 is 1. The van der Waals surface area contributed by atoms with Crippen molar-refractivity contribution in [1.82, 2.24) is 4.98 Å². The molecule has 3 aromatic rings. The summed E-state index contributed by atoms with van der Waals surface area (Å²) in [6, 6.07) is 10.9. The fraction of sp³-hybridized carbons (Fsp3) is 0.160. The number of pyridine rings is 1. The van der Waals surface area contributed by atoms with Crippen LogP contribution < -0.4 is 9.64 Å². The van der Waals surface area contributed by atoms with Crippen LogP contribution in [-0.2, 0) is 9.59 Å². The summed E-state index contributed by atoms with van der Waals surface area (Å²) in [5.41, 5.74) is 3.32. The summed E-state index contributed by atoms with van der Waals surface area (Å²) in [5.74, 6) is -1.69. The van der Waals surface area contributed by atoms with E-state index >= 15 is 0 Å². The number of aliphatic hydroxyl groups is 1. The summed E-state index contributed by atoms with van der Waals surface area (Å²) < 4.78 is 5.16. The average molecular weight is 483 g/mol. The number of rotatable bonds is 4. The van der Waals surface area contributed by atoms with Crippen LogP contribution in [0.1, 0.15) is 28.3 Å². The van der Waals surface area contributed by atoms with Crippen molar-refractivity contribution in [3.05, 3.63) is 92.7 Å². The number of benzene rings is 2. The van der Waals surface area contributed by atoms with Crippen LogP contribution in [0.15, 0.2) is 60.4 Å². The predicted molar refractivity (Wildman–Crippen MR) is 128 cm³/mol. The highest BCUT2D eigenvalue weighted by Crippen LogP contribution is 2.43. The monoisotopic (exact) mass is 482 g/mol. The molecule has 1 atom stereocenters. The summed E-state index contributed by atoms with van der Waals surface area (Å²) in [6.07, 6.45) is 3.13. The summed E-state index contributed by atoms with van der Waals surface area (Å²) in [7, 11) is 1.42. The number of aliphatic hydroxyl groups excluding tert-OH is 1. The normalized spacial score (nSPS) is 17.5. The number of anilines is 1. The Morgan fingerprint density at radius 3 is 2.21 bits per heavy atom. The van der Waals surface area contributed by atoms with Gasteiger partial charge in [0.15, 0.2) is 5.75 Å². The Morgan fingerprint density at radius 2 is 1.64 bits per heavy atom. The third kappa shape index (κ3) is 3.96. The fourth-order valence-corrected chi connectivity index (χ4v) is 4.52. The van der Waals surface area contributed by atoms with Crippen LogP contribution in [-0.4, -0.2) is 28.9 Å². The highest BCUT2D eigenvalue weighted by atomic mass is 35.5. The van der Waals surface area contributed by atoms with Gasteiger partial charge in [0.1, 0.15) is 5.76 Å². The molecule has 1 unspecified atom stereocenters. The van der Waals surface area contributed by atoms with Gasteiger partial charge < -0.3 is 9.84 Å². The minimum Gasteiger partial charge on any atom is -0.507 e. The maximum absolute atomic E-state index is 13.2. The van der Waals surface area contributed by atoms with Gasteiger partial charge in [0.05, 0.1) is 28.8 Å². The van der Waals surface area contributed by atoms with Gasteiger partial charge in [-0.2, -0.15) is 0 Å². The molecule has 0 saturated carbocycles. The van der Waals surface area contributed by atoms with Gasteiger partial charge in [0, 0.05) is 23.6 Å². The second-order valence-corrected chi connectivity index (χ2v) is 8.51. The first-order valence-electron chi connectivity index (χ1n) is 10.1. The van der Waals surface area contributed by atoms with Gasteiger partial charge in [-0.15, -0.1) is 0 Å². The first-order chi connectivity index (χ1) is 15.7. The zero-order valence-electron chi connectivity index (χ0n) is 18.1. The van der Waals surface area contributed by atoms with E-state index in [1.807, 2.05) is 26.0 Å². The maximum atomic E-state index is 13.2. The lowest BCUT2D eigenvalue weighted by atomic mass is 9.95. The first-order valence-corrected chi connectivity index (χ1v) is 10.8. The lowest BCUT2D eigenvalue weighted by molar-refractivity contribution is -0.132. The highest BCUT2D eigenvalue weighted by Gasteiger charge is 2.47. The molecule has 1 aliphatic rings. The quantitative estimate of drug-likeness (QED) is 0.295. The molecule has 8 heteroatoms. The van der Waals surface area contributed by atoms with Crippen molar-refractivity contribution in [3.8, 4) is 5.75 Å². The Morgan fingerprint density at radius 1 is 1.00 bits per heavy atom. The number of carbonyl (C=O) groups is 2. The highest BCUT2D eigenvalue weighted by molar-refractivity contribution is 6.51. The van der Waals surface area contributed by atoms with E-state index in [1.54, 1.807) is 30.6 Å². The molecular weight excluding hydrogens is 463 g/mol. The maximum Gasteiger partial charge on any atom is 0.300 e. The van der Waals surface area contributed by atoms with Crippen LogP contribution in [0.2, 0.25) is 10.0 Å². The largest absolute Gasteiger partial charge is 0.507 e. The summed E-state index contributed by atoms with van der Waals surface area (Å²) >= 11 is 12.5. The van der Waals surface area contributed by atoms with E-state index in [4.69, 9.17) is 27.9 Å². The zero-order chi connectivity index (χ0) is 23.9. The second-order valence-electron chi connectivity index (χ2n) is 7.69. The third-order valence-corrected chi connectivity index (χ3v) is 6.27. The number of hydrogen-bond donors (Lipinski definition) is 1. The predicted octanol–water partition coefficient (Wildman–Crippen LogP) is 5.64. The number of aryl methyl sites for hydroxylation is 2. The molecule has 1 aromatic heterocycles. The fourth-order valence-electron chi connectivity index (χ4n) is 3.88. The van der Waals surface area contributed by atoms with Gasteiger partial charge in [-0.25, -0.2) is 0 Å². The Labute approximate surface area is 201 Å². The molecule has 2 heterocycles. The van der Waals surface area contributed by atoms with Crippen molar-refractivity contribution in [2.45, 2.75) is 19.9 Å². The van der Waals surface area contributed by atoms with Gasteiger partial charge in [-0.3, -0.25) is 19.5 Å². The minimum atomic E-state index is -0.866. The molecular formula is C25H20Cl2N2O4. The average Bonchev–Trinajstić information content (AvgIpc) is 3.06. The summed E-state index contributed by atoms with van der Waals surface area (Å²) in [4.78, 5) is 31.9. The number of ketones is 1. The molecule has 0 spiro atoms. The van der Waals surface area contributed by atoms with Crippen molar-refractivity contribution in [3.63, 3.8) is 0 Å². The van der Waals surface area contributed by atoms with E-state index in [-0.39, 0.29) is 32.7 Å². The SMILES string of the molecule is COc1c(Cl)cc(/C(O)=C2\C(=O)C(=O)N(c3ccc(C)c(C)c3)C2c2ccncc2)cc1Cl. The minimum absolute atomic E-state index is 0.0678. The van der Waals surface area contributed by atoms with Crippen LogP contribution in [0.3, 0.4) is 0 Å². The molecule has 0 aliphatic carbocycles. The van der Waals surface area contributed by atoms with Crippen molar-refractivity contribution >= 4 is 46.3 Å². The van der Waals surface area contributed by atoms with E-state index in [2.05, 4.69) is 4.98 Å². The number of aromatic nitrogens is 1. The number of amides is 1. The first kappa shape index (κ1) is 22.8. The molecule has 168 valence electrons. The Kier molecular flexibility index (Phi) is 6.15. The molecule has 1 saturated heterocycles. The van der Waals surface area contributed by atoms with Crippen LogP contribution in [0, 0.1) is 13.8 Å².